The number of aromatic nitrogens is 2. The van der Waals surface area contributed by atoms with Gasteiger partial charge in [-0.2, -0.15) is 5.26 Å². The molecular weight excluding hydrogens is 462 g/mol. The summed E-state index contributed by atoms with van der Waals surface area (Å²) in [6.45, 7) is 5.63. The van der Waals surface area contributed by atoms with Crippen LogP contribution in [0.15, 0.2) is 46.9 Å². The van der Waals surface area contributed by atoms with Crippen LogP contribution in [0.5, 0.6) is 11.5 Å². The number of rotatable bonds is 5. The van der Waals surface area contributed by atoms with Crippen molar-refractivity contribution in [3.8, 4) is 17.6 Å². The van der Waals surface area contributed by atoms with Crippen molar-refractivity contribution in [2.45, 2.75) is 13.5 Å². The van der Waals surface area contributed by atoms with Crippen molar-refractivity contribution in [1.82, 2.24) is 14.3 Å². The number of fused-ring (bicyclic) bond motifs is 2. The molecule has 0 radical (unpaired) electrons. The van der Waals surface area contributed by atoms with Gasteiger partial charge in [0.25, 0.3) is 5.56 Å². The lowest BCUT2D eigenvalue weighted by atomic mass is 10.1. The number of hydrogen-bond acceptors (Lipinski definition) is 9. The average molecular weight is 488 g/mol. The second kappa shape index (κ2) is 9.71. The summed E-state index contributed by atoms with van der Waals surface area (Å²) in [5.74, 6) is 1.17. The molecule has 1 fully saturated rings. The lowest BCUT2D eigenvalue weighted by molar-refractivity contribution is -0.135. The molecule has 0 N–H and O–H groups in total. The summed E-state index contributed by atoms with van der Waals surface area (Å²) in [5.41, 5.74) is 2.09. The van der Waals surface area contributed by atoms with E-state index in [1.807, 2.05) is 42.2 Å². The van der Waals surface area contributed by atoms with Gasteiger partial charge in [-0.1, -0.05) is 12.1 Å². The molecule has 1 saturated heterocycles. The molecule has 2 aliphatic heterocycles. The molecule has 2 aromatic heterocycles. The van der Waals surface area contributed by atoms with Crippen LogP contribution in [0.4, 0.5) is 5.82 Å². The van der Waals surface area contributed by atoms with E-state index in [0.29, 0.717) is 24.6 Å². The quantitative estimate of drug-likeness (QED) is 0.304. The minimum Gasteiger partial charge on any atom is -0.465 e. The van der Waals surface area contributed by atoms with Crippen LogP contribution in [0, 0.1) is 18.3 Å². The van der Waals surface area contributed by atoms with E-state index < -0.39 is 5.97 Å². The predicted molar refractivity (Wildman–Crippen MR) is 132 cm³/mol. The summed E-state index contributed by atoms with van der Waals surface area (Å²) in [6.07, 6.45) is 2.91. The van der Waals surface area contributed by atoms with Gasteiger partial charge in [-0.3, -0.25) is 14.1 Å². The summed E-state index contributed by atoms with van der Waals surface area (Å²) in [6, 6.07) is 11.4. The van der Waals surface area contributed by atoms with E-state index in [4.69, 9.17) is 19.2 Å². The zero-order chi connectivity index (χ0) is 25.2. The Bertz CT molecular complexity index is 1460. The van der Waals surface area contributed by atoms with Gasteiger partial charge in [0.1, 0.15) is 23.1 Å². The molecule has 5 rings (SSSR count). The Morgan fingerprint density at radius 1 is 1.19 bits per heavy atom. The van der Waals surface area contributed by atoms with Crippen LogP contribution >= 0.6 is 0 Å². The van der Waals surface area contributed by atoms with Crippen LogP contribution in [0.1, 0.15) is 16.7 Å². The Hall–Kier alpha value is -4.36. The number of pyridine rings is 1. The number of nitriles is 1. The van der Waals surface area contributed by atoms with Crippen molar-refractivity contribution >= 4 is 23.5 Å². The molecule has 36 heavy (non-hydrogen) atoms. The summed E-state index contributed by atoms with van der Waals surface area (Å²) in [4.78, 5) is 34.7. The number of nitrogens with zero attached hydrogens (tertiary/aromatic N) is 5. The molecule has 0 amide bonds. The number of ether oxygens (including phenoxy) is 3. The monoisotopic (exact) mass is 487 g/mol. The molecule has 0 bridgehead atoms. The largest absolute Gasteiger partial charge is 0.465 e. The predicted octanol–water partition coefficient (Wildman–Crippen LogP) is 2.13. The number of benzene rings is 1. The van der Waals surface area contributed by atoms with Crippen molar-refractivity contribution in [3.05, 3.63) is 69.1 Å². The van der Waals surface area contributed by atoms with E-state index in [9.17, 15) is 14.9 Å². The van der Waals surface area contributed by atoms with Crippen molar-refractivity contribution in [2.24, 2.45) is 0 Å². The number of methoxy groups -OCH3 is 1. The lowest BCUT2D eigenvalue weighted by Crippen LogP contribution is -2.47. The minimum atomic E-state index is -0.800. The van der Waals surface area contributed by atoms with Gasteiger partial charge in [-0.15, -0.1) is 0 Å². The Kier molecular flexibility index (Phi) is 6.31. The number of aryl methyl sites for hydroxylation is 1. The molecule has 1 aromatic carbocycles. The fraction of sp³-hybridized carbons (Fsp3) is 0.308. The van der Waals surface area contributed by atoms with Crippen molar-refractivity contribution in [3.63, 3.8) is 0 Å². The number of carbonyl (C=O) groups excluding carboxylic acids is 1. The van der Waals surface area contributed by atoms with Gasteiger partial charge in [0.2, 0.25) is 6.79 Å². The summed E-state index contributed by atoms with van der Waals surface area (Å²) in [7, 11) is 1.20. The first-order chi connectivity index (χ1) is 17.5. The third-order valence-corrected chi connectivity index (χ3v) is 6.39. The van der Waals surface area contributed by atoms with Crippen LogP contribution in [0.25, 0.3) is 11.7 Å². The van der Waals surface area contributed by atoms with Crippen LogP contribution in [0.2, 0.25) is 0 Å². The standard InChI is InChI=1S/C26H25N5O5/c1-17-4-3-7-31-23(17)28-24(20(25(31)32)13-19(14-27)26(33)34-2)30-10-8-29(9-11-30)15-18-5-6-21-22(12-18)36-16-35-21/h3-7,12-13H,8-11,15-16H2,1-2H3/b19-13+. The third-order valence-electron chi connectivity index (χ3n) is 6.39. The van der Waals surface area contributed by atoms with Gasteiger partial charge >= 0.3 is 5.97 Å². The molecule has 10 heteroatoms. The zero-order valence-corrected chi connectivity index (χ0v) is 20.1. The van der Waals surface area contributed by atoms with E-state index in [-0.39, 0.29) is 23.5 Å². The maximum absolute atomic E-state index is 13.5. The number of piperazine rings is 1. The van der Waals surface area contributed by atoms with Crippen LogP contribution in [-0.4, -0.2) is 60.3 Å². The summed E-state index contributed by atoms with van der Waals surface area (Å²) < 4.78 is 17.0. The fourth-order valence-corrected chi connectivity index (χ4v) is 4.47. The highest BCUT2D eigenvalue weighted by atomic mass is 16.7. The molecule has 2 aliphatic rings. The highest BCUT2D eigenvalue weighted by molar-refractivity contribution is 5.98. The first-order valence-corrected chi connectivity index (χ1v) is 11.6. The maximum Gasteiger partial charge on any atom is 0.348 e. The molecular formula is C26H25N5O5. The van der Waals surface area contributed by atoms with Crippen molar-refractivity contribution in [2.75, 3.05) is 45.0 Å². The van der Waals surface area contributed by atoms with Crippen LogP contribution < -0.4 is 19.9 Å². The van der Waals surface area contributed by atoms with E-state index in [2.05, 4.69) is 4.90 Å². The van der Waals surface area contributed by atoms with Crippen molar-refractivity contribution < 1.29 is 19.0 Å². The first kappa shape index (κ1) is 23.4. The third kappa shape index (κ3) is 4.36. The summed E-state index contributed by atoms with van der Waals surface area (Å²) in [5, 5.41) is 9.49. The van der Waals surface area contributed by atoms with Crippen LogP contribution in [-0.2, 0) is 16.1 Å². The van der Waals surface area contributed by atoms with Gasteiger partial charge in [0, 0.05) is 38.9 Å². The molecule has 0 unspecified atom stereocenters. The Morgan fingerprint density at radius 3 is 2.72 bits per heavy atom. The first-order valence-electron chi connectivity index (χ1n) is 11.6. The second-order valence-corrected chi connectivity index (χ2v) is 8.65. The average Bonchev–Trinajstić information content (AvgIpc) is 3.37. The van der Waals surface area contributed by atoms with Crippen LogP contribution in [0.3, 0.4) is 0 Å². The lowest BCUT2D eigenvalue weighted by Gasteiger charge is -2.36. The molecule has 184 valence electrons. The highest BCUT2D eigenvalue weighted by Crippen LogP contribution is 2.33. The minimum absolute atomic E-state index is 0.185. The number of hydrogen-bond donors (Lipinski definition) is 0. The highest BCUT2D eigenvalue weighted by Gasteiger charge is 2.24. The van der Waals surface area contributed by atoms with E-state index in [1.54, 1.807) is 12.3 Å². The van der Waals surface area contributed by atoms with E-state index >= 15 is 0 Å². The molecule has 3 aromatic rings. The molecule has 10 nitrogen and oxygen atoms in total. The Balaban J connectivity index is 1.44. The number of esters is 1. The maximum atomic E-state index is 13.5. The molecule has 4 heterocycles. The molecule has 0 atom stereocenters. The Labute approximate surface area is 207 Å². The van der Waals surface area contributed by atoms with Crippen molar-refractivity contribution in [1.29, 1.82) is 5.26 Å². The van der Waals surface area contributed by atoms with E-state index in [0.717, 1.165) is 42.3 Å². The van der Waals surface area contributed by atoms with Gasteiger partial charge in [-0.05, 0) is 42.3 Å². The molecule has 0 spiro atoms. The molecule has 0 saturated carbocycles. The molecule has 0 aliphatic carbocycles. The fourth-order valence-electron chi connectivity index (χ4n) is 4.47. The topological polar surface area (TPSA) is 109 Å². The summed E-state index contributed by atoms with van der Waals surface area (Å²) >= 11 is 0. The van der Waals surface area contributed by atoms with Gasteiger partial charge < -0.3 is 19.1 Å². The zero-order valence-electron chi connectivity index (χ0n) is 20.1. The second-order valence-electron chi connectivity index (χ2n) is 8.65. The Morgan fingerprint density at radius 2 is 1.97 bits per heavy atom. The normalized spacial score (nSPS) is 15.7. The van der Waals surface area contributed by atoms with Gasteiger partial charge in [0.05, 0.1) is 12.7 Å². The van der Waals surface area contributed by atoms with Gasteiger partial charge in [-0.25, -0.2) is 9.78 Å². The van der Waals surface area contributed by atoms with Gasteiger partial charge in [0.15, 0.2) is 11.5 Å². The van der Waals surface area contributed by atoms with E-state index in [1.165, 1.54) is 17.6 Å². The SMILES string of the molecule is COC(=O)/C(C#N)=C/c1c(N2CCN(Cc3ccc4c(c3)OCO4)CC2)nc2c(C)cccn2c1=O. The number of anilines is 1. The number of carbonyl (C=O) groups is 1. The smallest absolute Gasteiger partial charge is 0.348 e.